The Bertz CT molecular complexity index is 233. The van der Waals surface area contributed by atoms with E-state index in [1.54, 1.807) is 13.8 Å². The van der Waals surface area contributed by atoms with Gasteiger partial charge in [0, 0.05) is 13.7 Å². The fourth-order valence-corrected chi connectivity index (χ4v) is 2.42. The van der Waals surface area contributed by atoms with E-state index in [0.29, 0.717) is 19.0 Å². The summed E-state index contributed by atoms with van der Waals surface area (Å²) in [5, 5.41) is 0. The molecule has 3 nitrogen and oxygen atoms in total. The number of rotatable bonds is 4. The smallest absolute Gasteiger partial charge is 0.0854 e. The van der Waals surface area contributed by atoms with E-state index in [0.717, 1.165) is 0 Å². The zero-order valence-corrected chi connectivity index (χ0v) is 9.64. The summed E-state index contributed by atoms with van der Waals surface area (Å²) in [4.78, 5) is 11.3. The normalized spacial score (nSPS) is 39.9. The van der Waals surface area contributed by atoms with E-state index in [-0.39, 0.29) is 12.2 Å². The van der Waals surface area contributed by atoms with Gasteiger partial charge in [-0.05, 0) is 25.7 Å². The molecule has 0 radical (unpaired) electrons. The lowest BCUT2D eigenvalue weighted by Gasteiger charge is -2.25. The van der Waals surface area contributed by atoms with E-state index in [1.807, 2.05) is 0 Å². The van der Waals surface area contributed by atoms with Crippen molar-refractivity contribution in [3.8, 4) is 0 Å². The van der Waals surface area contributed by atoms with Crippen molar-refractivity contribution in [2.24, 2.45) is 0 Å². The van der Waals surface area contributed by atoms with Crippen molar-refractivity contribution in [1.82, 2.24) is 0 Å². The highest BCUT2D eigenvalue weighted by molar-refractivity contribution is 8.10. The molecule has 13 heavy (non-hydrogen) atoms. The van der Waals surface area contributed by atoms with E-state index in [2.05, 4.69) is 0 Å². The molecule has 78 valence electrons. The van der Waals surface area contributed by atoms with Crippen molar-refractivity contribution in [2.45, 2.75) is 25.0 Å². The van der Waals surface area contributed by atoms with Gasteiger partial charge in [0.1, 0.15) is 0 Å². The molecular formula is C8H16O3PS-. The van der Waals surface area contributed by atoms with E-state index in [1.165, 1.54) is 0 Å². The molecule has 0 saturated carbocycles. The van der Waals surface area contributed by atoms with Crippen LogP contribution in [-0.4, -0.2) is 38.7 Å². The highest BCUT2D eigenvalue weighted by Crippen LogP contribution is 2.33. The molecule has 1 heterocycles. The van der Waals surface area contributed by atoms with Crippen molar-refractivity contribution in [1.29, 1.82) is 0 Å². The lowest BCUT2D eigenvalue weighted by molar-refractivity contribution is -0.160. The van der Waals surface area contributed by atoms with Crippen molar-refractivity contribution in [2.75, 3.05) is 26.5 Å². The molecule has 0 amide bonds. The topological polar surface area (TPSA) is 41.5 Å². The van der Waals surface area contributed by atoms with Crippen LogP contribution >= 0.6 is 6.26 Å². The molecule has 0 aromatic carbocycles. The molecule has 1 aliphatic heterocycles. The van der Waals surface area contributed by atoms with Crippen LogP contribution in [0.1, 0.15) is 14.2 Å². The third-order valence-electron chi connectivity index (χ3n) is 2.14. The second kappa shape index (κ2) is 4.85. The summed E-state index contributed by atoms with van der Waals surface area (Å²) in [6, 6.07) is 0. The van der Waals surface area contributed by atoms with Crippen LogP contribution in [0.3, 0.4) is 0 Å². The minimum Gasteiger partial charge on any atom is -0.821 e. The molecule has 0 spiro atoms. The molecule has 1 saturated heterocycles. The first-order valence-electron chi connectivity index (χ1n) is 4.88. The summed E-state index contributed by atoms with van der Waals surface area (Å²) in [7, 11) is 1.61. The van der Waals surface area contributed by atoms with Gasteiger partial charge in [0.05, 0.1) is 13.6 Å². The Labute approximate surface area is 85.9 Å². The lowest BCUT2D eigenvalue weighted by atomic mass is 10.1. The summed E-state index contributed by atoms with van der Waals surface area (Å²) in [5.74, 6) is 0. The minimum atomic E-state index is -2.39. The summed E-state index contributed by atoms with van der Waals surface area (Å²) in [6.07, 6.45) is -0.837. The van der Waals surface area contributed by atoms with Gasteiger partial charge in [0.2, 0.25) is 0 Å². The van der Waals surface area contributed by atoms with Crippen LogP contribution in [0.2, 0.25) is 0 Å². The standard InChI is InChI=1S/C8H17O3PS/c1-10-7-3-5-11-8(7)4-6-12(2,9)13/h7-8H,3-6H2,1-2H3,(H,9,13)/p-1/t7?,8-,12?/m1/s1/i5T/t5?,7?,8-,12?. The fourth-order valence-electron chi connectivity index (χ4n) is 1.38. The first kappa shape index (κ1) is 10.1. The predicted molar refractivity (Wildman–Crippen MR) is 54.8 cm³/mol. The van der Waals surface area contributed by atoms with Crippen molar-refractivity contribution < 1.29 is 15.7 Å². The SMILES string of the molecule is [3H]C1CC(OC)[C@@H](CCP(C)([O-])=S)O1. The Morgan fingerprint density at radius 2 is 2.54 bits per heavy atom. The molecule has 4 atom stereocenters. The summed E-state index contributed by atoms with van der Waals surface area (Å²) in [5.41, 5.74) is 0. The molecular weight excluding hydrogens is 207 g/mol. The lowest BCUT2D eigenvalue weighted by Crippen LogP contribution is -2.24. The van der Waals surface area contributed by atoms with Crippen LogP contribution in [-0.2, 0) is 21.3 Å². The number of methoxy groups -OCH3 is 1. The van der Waals surface area contributed by atoms with Crippen molar-refractivity contribution >= 4 is 18.1 Å². The zero-order valence-electron chi connectivity index (χ0n) is 8.93. The second-order valence-electron chi connectivity index (χ2n) is 3.38. The zero-order chi connectivity index (χ0) is 10.8. The Hall–Kier alpha value is 0.530. The summed E-state index contributed by atoms with van der Waals surface area (Å²) in [6.45, 7) is 1.09. The number of hydrogen-bond acceptors (Lipinski definition) is 4. The van der Waals surface area contributed by atoms with E-state index >= 15 is 0 Å². The average Bonchev–Trinajstić information content (AvgIpc) is 2.41. The third-order valence-corrected chi connectivity index (χ3v) is 3.76. The molecule has 0 bridgehead atoms. The Morgan fingerprint density at radius 3 is 3.08 bits per heavy atom. The van der Waals surface area contributed by atoms with Crippen LogP contribution < -0.4 is 4.89 Å². The molecule has 1 rings (SSSR count). The molecule has 1 aliphatic rings. The maximum absolute atomic E-state index is 11.3. The first-order chi connectivity index (χ1) is 6.42. The van der Waals surface area contributed by atoms with Gasteiger partial charge >= 0.3 is 0 Å². The average molecular weight is 225 g/mol. The molecule has 1 fully saturated rings. The Balaban J connectivity index is 2.40. The van der Waals surface area contributed by atoms with E-state index in [4.69, 9.17) is 22.7 Å². The Kier molecular flexibility index (Phi) is 3.75. The van der Waals surface area contributed by atoms with Crippen molar-refractivity contribution in [3.63, 3.8) is 0 Å². The summed E-state index contributed by atoms with van der Waals surface area (Å²) < 4.78 is 18.0. The minimum absolute atomic E-state index is 0.0425. The van der Waals surface area contributed by atoms with E-state index in [9.17, 15) is 4.89 Å². The van der Waals surface area contributed by atoms with Gasteiger partial charge in [0.25, 0.3) is 0 Å². The first-order valence-corrected chi connectivity index (χ1v) is 7.65. The van der Waals surface area contributed by atoms with Crippen LogP contribution in [0.25, 0.3) is 0 Å². The largest absolute Gasteiger partial charge is 0.821 e. The monoisotopic (exact) mass is 225 g/mol. The van der Waals surface area contributed by atoms with Gasteiger partial charge in [-0.3, -0.25) is 0 Å². The predicted octanol–water partition coefficient (Wildman–Crippen LogP) is 0.565. The maximum Gasteiger partial charge on any atom is 0.0854 e. The third kappa shape index (κ3) is 4.05. The summed E-state index contributed by atoms with van der Waals surface area (Å²) >= 11 is 4.84. The van der Waals surface area contributed by atoms with Gasteiger partial charge in [-0.25, -0.2) is 0 Å². The molecule has 5 heteroatoms. The highest BCUT2D eigenvalue weighted by atomic mass is 32.4. The second-order valence-corrected chi connectivity index (χ2v) is 8.17. The Morgan fingerprint density at radius 1 is 1.85 bits per heavy atom. The van der Waals surface area contributed by atoms with Gasteiger partial charge in [0.15, 0.2) is 0 Å². The molecule has 0 aromatic rings. The maximum atomic E-state index is 11.3. The quantitative estimate of drug-likeness (QED) is 0.656. The van der Waals surface area contributed by atoms with Crippen LogP contribution in [0.4, 0.5) is 0 Å². The fraction of sp³-hybridized carbons (Fsp3) is 1.00. The van der Waals surface area contributed by atoms with Crippen LogP contribution in [0, 0.1) is 0 Å². The highest BCUT2D eigenvalue weighted by Gasteiger charge is 2.27. The van der Waals surface area contributed by atoms with Gasteiger partial charge in [-0.15, -0.1) is 18.1 Å². The van der Waals surface area contributed by atoms with Gasteiger partial charge in [-0.1, -0.05) is 0 Å². The van der Waals surface area contributed by atoms with Crippen LogP contribution in [0.15, 0.2) is 0 Å². The number of hydrogen-bond donors (Lipinski definition) is 0. The van der Waals surface area contributed by atoms with Crippen molar-refractivity contribution in [3.05, 3.63) is 0 Å². The van der Waals surface area contributed by atoms with Gasteiger partial charge in [-0.2, -0.15) is 0 Å². The molecule has 0 N–H and O–H groups in total. The van der Waals surface area contributed by atoms with Gasteiger partial charge < -0.3 is 14.4 Å². The van der Waals surface area contributed by atoms with Crippen LogP contribution in [0.5, 0.6) is 0 Å². The molecule has 0 aromatic heterocycles. The van der Waals surface area contributed by atoms with E-state index < -0.39 is 12.8 Å². The number of ether oxygens (including phenoxy) is 2. The molecule has 3 unspecified atom stereocenters. The molecule has 0 aliphatic carbocycles.